The summed E-state index contributed by atoms with van der Waals surface area (Å²) in [6, 6.07) is 14.0. The van der Waals surface area contributed by atoms with E-state index in [0.29, 0.717) is 29.0 Å². The topological polar surface area (TPSA) is 83.2 Å². The smallest absolute Gasteiger partial charge is 0.232 e. The minimum atomic E-state index is -0.221. The predicted molar refractivity (Wildman–Crippen MR) is 113 cm³/mol. The Hall–Kier alpha value is -2.97. The molecule has 2 aromatic carbocycles. The highest BCUT2D eigenvalue weighted by Crippen LogP contribution is 2.23. The van der Waals surface area contributed by atoms with Gasteiger partial charge >= 0.3 is 0 Å². The van der Waals surface area contributed by atoms with Crippen LogP contribution in [-0.2, 0) is 6.54 Å². The molecule has 1 saturated heterocycles. The van der Waals surface area contributed by atoms with Crippen molar-refractivity contribution in [2.75, 3.05) is 42.1 Å². The van der Waals surface area contributed by atoms with Crippen molar-refractivity contribution in [3.8, 4) is 0 Å². The first-order chi connectivity index (χ1) is 14.1. The molecule has 1 aliphatic heterocycles. The van der Waals surface area contributed by atoms with Gasteiger partial charge in [-0.25, -0.2) is 4.39 Å². The molecule has 4 rings (SSSR count). The third-order valence-electron chi connectivity index (χ3n) is 4.75. The number of para-hydroxylation sites is 1. The van der Waals surface area contributed by atoms with Crippen molar-refractivity contribution in [1.29, 1.82) is 0 Å². The van der Waals surface area contributed by atoms with E-state index in [1.54, 1.807) is 6.07 Å². The lowest BCUT2D eigenvalue weighted by molar-refractivity contribution is 0.244. The zero-order valence-electron chi connectivity index (χ0n) is 15.7. The summed E-state index contributed by atoms with van der Waals surface area (Å²) in [5, 5.41) is 3.67. The molecule has 1 aromatic heterocycles. The van der Waals surface area contributed by atoms with E-state index in [0.717, 1.165) is 31.9 Å². The van der Waals surface area contributed by atoms with Crippen molar-refractivity contribution in [1.82, 2.24) is 19.9 Å². The molecule has 0 radical (unpaired) electrons. The van der Waals surface area contributed by atoms with Gasteiger partial charge in [0.2, 0.25) is 11.9 Å². The summed E-state index contributed by atoms with van der Waals surface area (Å²) in [7, 11) is 0. The Morgan fingerprint density at radius 3 is 2.41 bits per heavy atom. The van der Waals surface area contributed by atoms with Crippen LogP contribution >= 0.6 is 11.6 Å². The van der Waals surface area contributed by atoms with Crippen LogP contribution in [0.2, 0.25) is 5.02 Å². The van der Waals surface area contributed by atoms with Gasteiger partial charge in [0, 0.05) is 31.9 Å². The van der Waals surface area contributed by atoms with Crippen molar-refractivity contribution in [2.24, 2.45) is 0 Å². The van der Waals surface area contributed by atoms with E-state index >= 15 is 0 Å². The van der Waals surface area contributed by atoms with Gasteiger partial charge in [-0.3, -0.25) is 4.90 Å². The second-order valence-corrected chi connectivity index (χ2v) is 7.19. The molecule has 0 bridgehead atoms. The number of benzene rings is 2. The number of piperazine rings is 1. The van der Waals surface area contributed by atoms with Gasteiger partial charge in [0.05, 0.1) is 17.3 Å². The Balaban J connectivity index is 1.39. The van der Waals surface area contributed by atoms with E-state index in [1.165, 1.54) is 12.1 Å². The fourth-order valence-electron chi connectivity index (χ4n) is 3.26. The molecule has 0 spiro atoms. The Bertz CT molecular complexity index is 975. The standard InChI is InChI=1S/C20H21ClFN7/c21-16-3-1-2-4-17(16)24-20-26-18(25-19(23)27-20)13-28-9-11-29(12-10-28)15-7-5-14(22)6-8-15/h1-8H,9-13H2,(H3,23,24,25,26,27). The van der Waals surface area contributed by atoms with Crippen LogP contribution in [-0.4, -0.2) is 46.0 Å². The molecule has 9 heteroatoms. The summed E-state index contributed by atoms with van der Waals surface area (Å²) >= 11 is 6.18. The van der Waals surface area contributed by atoms with Gasteiger partial charge < -0.3 is 16.0 Å². The third kappa shape index (κ3) is 4.90. The average molecular weight is 414 g/mol. The Kier molecular flexibility index (Phi) is 5.73. The summed E-state index contributed by atoms with van der Waals surface area (Å²) in [4.78, 5) is 17.4. The van der Waals surface area contributed by atoms with Crippen LogP contribution in [0.1, 0.15) is 5.82 Å². The summed E-state index contributed by atoms with van der Waals surface area (Å²) in [5.41, 5.74) is 7.61. The fourth-order valence-corrected chi connectivity index (χ4v) is 3.45. The minimum absolute atomic E-state index is 0.162. The molecular formula is C20H21ClFN7. The lowest BCUT2D eigenvalue weighted by Gasteiger charge is -2.35. The first-order valence-corrected chi connectivity index (χ1v) is 9.69. The van der Waals surface area contributed by atoms with E-state index in [2.05, 4.69) is 30.1 Å². The normalized spacial score (nSPS) is 14.8. The highest BCUT2D eigenvalue weighted by molar-refractivity contribution is 6.33. The first kappa shape index (κ1) is 19.4. The number of aromatic nitrogens is 3. The predicted octanol–water partition coefficient (Wildman–Crippen LogP) is 3.31. The van der Waals surface area contributed by atoms with E-state index in [1.807, 2.05) is 30.3 Å². The van der Waals surface area contributed by atoms with Gasteiger partial charge in [0.1, 0.15) is 11.6 Å². The molecule has 7 nitrogen and oxygen atoms in total. The molecule has 0 atom stereocenters. The van der Waals surface area contributed by atoms with Crippen LogP contribution in [0.3, 0.4) is 0 Å². The van der Waals surface area contributed by atoms with Crippen LogP contribution < -0.4 is 16.0 Å². The summed E-state index contributed by atoms with van der Waals surface area (Å²) < 4.78 is 13.1. The van der Waals surface area contributed by atoms with Gasteiger partial charge in [0.15, 0.2) is 0 Å². The lowest BCUT2D eigenvalue weighted by atomic mass is 10.2. The number of nitrogens with two attached hydrogens (primary N) is 1. The van der Waals surface area contributed by atoms with Crippen molar-refractivity contribution >= 4 is 34.9 Å². The van der Waals surface area contributed by atoms with E-state index in [4.69, 9.17) is 17.3 Å². The van der Waals surface area contributed by atoms with Crippen molar-refractivity contribution < 1.29 is 4.39 Å². The maximum Gasteiger partial charge on any atom is 0.232 e. The molecule has 0 saturated carbocycles. The average Bonchev–Trinajstić information content (AvgIpc) is 2.71. The van der Waals surface area contributed by atoms with Crippen molar-refractivity contribution in [3.05, 3.63) is 65.2 Å². The van der Waals surface area contributed by atoms with Gasteiger partial charge in [-0.05, 0) is 36.4 Å². The number of nitrogen functional groups attached to an aromatic ring is 1. The van der Waals surface area contributed by atoms with Crippen LogP contribution in [0, 0.1) is 5.82 Å². The molecule has 0 unspecified atom stereocenters. The van der Waals surface area contributed by atoms with Crippen LogP contribution in [0.25, 0.3) is 0 Å². The molecule has 29 heavy (non-hydrogen) atoms. The maximum atomic E-state index is 13.1. The molecule has 3 aromatic rings. The molecule has 1 aliphatic rings. The summed E-state index contributed by atoms with van der Waals surface area (Å²) in [5.74, 6) is 0.906. The largest absolute Gasteiger partial charge is 0.369 e. The molecule has 0 amide bonds. The number of nitrogens with one attached hydrogen (secondary N) is 1. The number of hydrogen-bond acceptors (Lipinski definition) is 7. The molecular weight excluding hydrogens is 393 g/mol. The van der Waals surface area contributed by atoms with Gasteiger partial charge in [0.25, 0.3) is 0 Å². The summed E-state index contributed by atoms with van der Waals surface area (Å²) in [6.07, 6.45) is 0. The Morgan fingerprint density at radius 1 is 0.966 bits per heavy atom. The molecule has 3 N–H and O–H groups in total. The second kappa shape index (κ2) is 8.59. The number of nitrogens with zero attached hydrogens (tertiary/aromatic N) is 5. The molecule has 2 heterocycles. The van der Waals surface area contributed by atoms with Crippen molar-refractivity contribution in [2.45, 2.75) is 6.54 Å². The van der Waals surface area contributed by atoms with E-state index < -0.39 is 0 Å². The monoisotopic (exact) mass is 413 g/mol. The van der Waals surface area contributed by atoms with Crippen LogP contribution in [0.5, 0.6) is 0 Å². The SMILES string of the molecule is Nc1nc(CN2CCN(c3ccc(F)cc3)CC2)nc(Nc2ccccc2Cl)n1. The minimum Gasteiger partial charge on any atom is -0.369 e. The fraction of sp³-hybridized carbons (Fsp3) is 0.250. The van der Waals surface area contributed by atoms with Gasteiger partial charge in [-0.1, -0.05) is 23.7 Å². The highest BCUT2D eigenvalue weighted by Gasteiger charge is 2.19. The molecule has 0 aliphatic carbocycles. The zero-order chi connectivity index (χ0) is 20.2. The van der Waals surface area contributed by atoms with Gasteiger partial charge in [-0.15, -0.1) is 0 Å². The van der Waals surface area contributed by atoms with Crippen molar-refractivity contribution in [3.63, 3.8) is 0 Å². The third-order valence-corrected chi connectivity index (χ3v) is 5.08. The molecule has 1 fully saturated rings. The maximum absolute atomic E-state index is 13.1. The highest BCUT2D eigenvalue weighted by atomic mass is 35.5. The quantitative estimate of drug-likeness (QED) is 0.663. The number of halogens is 2. The number of anilines is 4. The molecule has 150 valence electrons. The van der Waals surface area contributed by atoms with Gasteiger partial charge in [-0.2, -0.15) is 15.0 Å². The summed E-state index contributed by atoms with van der Waals surface area (Å²) in [6.45, 7) is 3.95. The lowest BCUT2D eigenvalue weighted by Crippen LogP contribution is -2.46. The second-order valence-electron chi connectivity index (χ2n) is 6.78. The van der Waals surface area contributed by atoms with Crippen LogP contribution in [0.4, 0.5) is 27.7 Å². The van der Waals surface area contributed by atoms with E-state index in [-0.39, 0.29) is 11.8 Å². The number of rotatable bonds is 5. The number of hydrogen-bond donors (Lipinski definition) is 2. The Morgan fingerprint density at radius 2 is 1.69 bits per heavy atom. The Labute approximate surface area is 173 Å². The first-order valence-electron chi connectivity index (χ1n) is 9.32. The van der Waals surface area contributed by atoms with Crippen LogP contribution in [0.15, 0.2) is 48.5 Å². The zero-order valence-corrected chi connectivity index (χ0v) is 16.5. The van der Waals surface area contributed by atoms with E-state index in [9.17, 15) is 4.39 Å².